The predicted molar refractivity (Wildman–Crippen MR) is 180 cm³/mol. The molecule has 3 N–H and O–H groups in total. The Morgan fingerprint density at radius 2 is 1.41 bits per heavy atom. The minimum absolute atomic E-state index is 0.0571. The Bertz CT molecular complexity index is 1990. The average molecular weight is 659 g/mol. The first-order valence-corrected chi connectivity index (χ1v) is 16.4. The van der Waals surface area contributed by atoms with Crippen molar-refractivity contribution in [3.8, 4) is 5.75 Å². The Labute approximate surface area is 273 Å². The zero-order chi connectivity index (χ0) is 33.2. The van der Waals surface area contributed by atoms with Gasteiger partial charge < -0.3 is 20.2 Å². The Morgan fingerprint density at radius 1 is 0.783 bits per heavy atom. The summed E-state index contributed by atoms with van der Waals surface area (Å²) in [6, 6.07) is 28.0. The highest BCUT2D eigenvalue weighted by atomic mass is 35.5. The number of aromatic hydroxyl groups is 1. The first kappa shape index (κ1) is 33.1. The molecule has 5 rings (SSSR count). The third-order valence-corrected chi connectivity index (χ3v) is 10.2. The normalized spacial score (nSPS) is 11.8. The number of aliphatic hydroxyl groups is 2. The van der Waals surface area contributed by atoms with Gasteiger partial charge in [0.25, 0.3) is 0 Å². The van der Waals surface area contributed by atoms with Crippen molar-refractivity contribution in [2.24, 2.45) is 0 Å². The van der Waals surface area contributed by atoms with E-state index >= 15 is 0 Å². The molecule has 0 fully saturated rings. The summed E-state index contributed by atoms with van der Waals surface area (Å²) < 4.78 is 29.9. The van der Waals surface area contributed by atoms with E-state index < -0.39 is 34.5 Å². The van der Waals surface area contributed by atoms with Crippen molar-refractivity contribution in [2.75, 3.05) is 11.4 Å². The Hall–Kier alpha value is -4.25. The molecular formula is C36H35ClN2O6S. The summed E-state index contributed by atoms with van der Waals surface area (Å²) in [6.45, 7) is 4.81. The van der Waals surface area contributed by atoms with Gasteiger partial charge in [-0.05, 0) is 84.1 Å². The van der Waals surface area contributed by atoms with Crippen LogP contribution >= 0.6 is 11.6 Å². The van der Waals surface area contributed by atoms with Crippen molar-refractivity contribution in [3.63, 3.8) is 0 Å². The largest absolute Gasteiger partial charge is 0.507 e. The number of nitrogens with zero attached hydrogens (tertiary/aromatic N) is 2. The number of phenols is 1. The maximum absolute atomic E-state index is 14.4. The summed E-state index contributed by atoms with van der Waals surface area (Å²) in [4.78, 5) is 15.8. The molecule has 0 spiro atoms. The van der Waals surface area contributed by atoms with E-state index in [0.29, 0.717) is 21.7 Å². The fourth-order valence-corrected chi connectivity index (χ4v) is 7.63. The van der Waals surface area contributed by atoms with Crippen LogP contribution in [0.5, 0.6) is 5.75 Å². The molecule has 238 valence electrons. The lowest BCUT2D eigenvalue weighted by molar-refractivity contribution is -0.119. The van der Waals surface area contributed by atoms with E-state index in [1.807, 2.05) is 49.4 Å². The number of phenolic OH excluding ortho intramolecular Hbond substituents is 1. The highest BCUT2D eigenvalue weighted by Crippen LogP contribution is 2.31. The molecule has 0 unspecified atom stereocenters. The third kappa shape index (κ3) is 7.25. The monoisotopic (exact) mass is 658 g/mol. The number of aryl methyl sites for hydroxylation is 3. The number of halogens is 1. The van der Waals surface area contributed by atoms with Crippen LogP contribution in [0, 0.1) is 20.8 Å². The Kier molecular flexibility index (Phi) is 9.81. The molecule has 0 aliphatic heterocycles. The van der Waals surface area contributed by atoms with Gasteiger partial charge in [0.1, 0.15) is 5.75 Å². The number of carbonyl (C=O) groups excluding carboxylic acids is 1. The van der Waals surface area contributed by atoms with Gasteiger partial charge in [-0.25, -0.2) is 8.42 Å². The molecule has 0 aromatic heterocycles. The molecule has 0 radical (unpaired) electrons. The number of amides is 1. The van der Waals surface area contributed by atoms with E-state index in [9.17, 15) is 28.5 Å². The van der Waals surface area contributed by atoms with Crippen LogP contribution in [-0.2, 0) is 27.9 Å². The first-order chi connectivity index (χ1) is 21.8. The van der Waals surface area contributed by atoms with Gasteiger partial charge in [-0.2, -0.15) is 4.31 Å². The number of fused-ring (bicyclic) bond motifs is 1. The summed E-state index contributed by atoms with van der Waals surface area (Å²) >= 11 is 6.10. The lowest BCUT2D eigenvalue weighted by Crippen LogP contribution is -2.43. The summed E-state index contributed by atoms with van der Waals surface area (Å²) in [5, 5.41) is 32.4. The molecule has 0 aliphatic rings. The van der Waals surface area contributed by atoms with Crippen molar-refractivity contribution >= 4 is 44.0 Å². The molecule has 0 saturated heterocycles. The van der Waals surface area contributed by atoms with Crippen LogP contribution in [0.4, 0.5) is 5.69 Å². The number of rotatable bonds is 10. The SMILES string of the molecule is Cc1cc(C)c(S(=O)(=O)N(CC(=O)N(Cc2ccc3ccccc3c2)c2ccc(C(O)O)c(O)c2)Cc2ccc(Cl)cc2)c(C)c1. The second kappa shape index (κ2) is 13.6. The van der Waals surface area contributed by atoms with Gasteiger partial charge in [-0.15, -0.1) is 0 Å². The molecule has 5 aromatic rings. The number of hydrogen-bond donors (Lipinski definition) is 3. The van der Waals surface area contributed by atoms with Crippen molar-refractivity contribution in [1.29, 1.82) is 0 Å². The number of anilines is 1. The van der Waals surface area contributed by atoms with Crippen LogP contribution in [0.25, 0.3) is 10.8 Å². The number of benzene rings is 5. The highest BCUT2D eigenvalue weighted by Gasteiger charge is 2.32. The van der Waals surface area contributed by atoms with Crippen LogP contribution in [0.2, 0.25) is 5.02 Å². The maximum atomic E-state index is 14.4. The van der Waals surface area contributed by atoms with Gasteiger partial charge in [-0.3, -0.25) is 4.79 Å². The number of aliphatic hydroxyl groups excluding tert-OH is 1. The molecule has 0 bridgehead atoms. The smallest absolute Gasteiger partial charge is 0.244 e. The van der Waals surface area contributed by atoms with Gasteiger partial charge in [0.15, 0.2) is 6.29 Å². The lowest BCUT2D eigenvalue weighted by atomic mass is 10.1. The number of sulfonamides is 1. The molecule has 0 aliphatic carbocycles. The van der Waals surface area contributed by atoms with Crippen LogP contribution < -0.4 is 4.90 Å². The van der Waals surface area contributed by atoms with Crippen molar-refractivity contribution in [3.05, 3.63) is 135 Å². The maximum Gasteiger partial charge on any atom is 0.244 e. The molecule has 1 amide bonds. The summed E-state index contributed by atoms with van der Waals surface area (Å²) in [7, 11) is -4.19. The van der Waals surface area contributed by atoms with E-state index in [-0.39, 0.29) is 29.2 Å². The minimum Gasteiger partial charge on any atom is -0.507 e. The second-order valence-electron chi connectivity index (χ2n) is 11.4. The van der Waals surface area contributed by atoms with E-state index in [1.165, 1.54) is 23.1 Å². The first-order valence-electron chi connectivity index (χ1n) is 14.6. The zero-order valence-corrected chi connectivity index (χ0v) is 27.3. The molecule has 0 saturated carbocycles. The van der Waals surface area contributed by atoms with Crippen molar-refractivity contribution in [1.82, 2.24) is 4.31 Å². The van der Waals surface area contributed by atoms with E-state index in [4.69, 9.17) is 11.6 Å². The zero-order valence-electron chi connectivity index (χ0n) is 25.7. The Morgan fingerprint density at radius 3 is 2.04 bits per heavy atom. The quantitative estimate of drug-likeness (QED) is 0.147. The molecule has 10 heteroatoms. The van der Waals surface area contributed by atoms with Crippen molar-refractivity contribution < 1.29 is 28.5 Å². The molecule has 46 heavy (non-hydrogen) atoms. The number of hydrogen-bond acceptors (Lipinski definition) is 6. The topological polar surface area (TPSA) is 118 Å². The summed E-state index contributed by atoms with van der Waals surface area (Å²) in [5.74, 6) is -0.967. The third-order valence-electron chi connectivity index (χ3n) is 7.85. The fraction of sp³-hybridized carbons (Fsp3) is 0.194. The van der Waals surface area contributed by atoms with Gasteiger partial charge in [-0.1, -0.05) is 77.8 Å². The van der Waals surface area contributed by atoms with Gasteiger partial charge in [0, 0.05) is 28.9 Å². The second-order valence-corrected chi connectivity index (χ2v) is 13.7. The fourth-order valence-electron chi connectivity index (χ4n) is 5.72. The predicted octanol–water partition coefficient (Wildman–Crippen LogP) is 6.53. The Balaban J connectivity index is 1.58. The van der Waals surface area contributed by atoms with Crippen molar-refractivity contribution in [2.45, 2.75) is 45.0 Å². The minimum atomic E-state index is -4.19. The number of carbonyl (C=O) groups is 1. The molecular weight excluding hydrogens is 624 g/mol. The van der Waals surface area contributed by atoms with Gasteiger partial charge >= 0.3 is 0 Å². The molecule has 5 aromatic carbocycles. The average Bonchev–Trinajstić information content (AvgIpc) is 2.99. The van der Waals surface area contributed by atoms with Gasteiger partial charge in [0.2, 0.25) is 15.9 Å². The van der Waals surface area contributed by atoms with Crippen LogP contribution in [-0.4, -0.2) is 40.5 Å². The molecule has 8 nitrogen and oxygen atoms in total. The van der Waals surface area contributed by atoms with E-state index in [0.717, 1.165) is 26.2 Å². The van der Waals surface area contributed by atoms with Crippen LogP contribution in [0.15, 0.2) is 102 Å². The molecule has 0 heterocycles. The van der Waals surface area contributed by atoms with Gasteiger partial charge in [0.05, 0.1) is 18.0 Å². The molecule has 0 atom stereocenters. The lowest BCUT2D eigenvalue weighted by Gasteiger charge is -2.29. The summed E-state index contributed by atoms with van der Waals surface area (Å²) in [6.07, 6.45) is -1.92. The van der Waals surface area contributed by atoms with Crippen LogP contribution in [0.1, 0.15) is 39.7 Å². The summed E-state index contributed by atoms with van der Waals surface area (Å²) in [5.41, 5.74) is 3.61. The standard InChI is InChI=1S/C36H35ClN2O6S/c1-23-16-24(2)35(25(3)17-23)46(44,45)38(20-26-9-12-30(37)13-10-26)22-34(41)39(31-14-15-32(36(42)43)33(40)19-31)21-27-8-11-28-6-4-5-7-29(28)18-27/h4-19,36,40,42-43H,20-22H2,1-3H3. The highest BCUT2D eigenvalue weighted by molar-refractivity contribution is 7.89. The van der Waals surface area contributed by atoms with Crippen LogP contribution in [0.3, 0.4) is 0 Å². The van der Waals surface area contributed by atoms with E-state index in [1.54, 1.807) is 50.2 Å². The van der Waals surface area contributed by atoms with E-state index in [2.05, 4.69) is 0 Å².